The first-order chi connectivity index (χ1) is 16.2. The normalized spacial score (nSPS) is 11.2. The van der Waals surface area contributed by atoms with Crippen molar-refractivity contribution in [3.63, 3.8) is 0 Å². The van der Waals surface area contributed by atoms with Crippen molar-refractivity contribution in [3.05, 3.63) is 81.4 Å². The average Bonchev–Trinajstić information content (AvgIpc) is 3.21. The Hall–Kier alpha value is -3.74. The third kappa shape index (κ3) is 4.78. The van der Waals surface area contributed by atoms with E-state index in [-0.39, 0.29) is 32.7 Å². The fraction of sp³-hybridized carbons (Fsp3) is 0.0476. The Balaban J connectivity index is 1.63. The maximum atomic E-state index is 13.0. The van der Waals surface area contributed by atoms with Crippen LogP contribution in [-0.2, 0) is 10.0 Å². The first-order valence-corrected chi connectivity index (χ1v) is 12.2. The van der Waals surface area contributed by atoms with E-state index < -0.39 is 20.9 Å². The van der Waals surface area contributed by atoms with Crippen molar-refractivity contribution in [1.29, 1.82) is 0 Å². The van der Waals surface area contributed by atoms with Crippen molar-refractivity contribution in [2.75, 3.05) is 17.1 Å². The SMILES string of the molecule is COc1cc([N+](=O)[O-])cc2sc(NC(=O)c3ccccc3NS(=O)(=O)c3ccc(Cl)cc3)nc12. The van der Waals surface area contributed by atoms with Crippen LogP contribution in [0.15, 0.2) is 65.6 Å². The number of carbonyl (C=O) groups excluding carboxylic acids is 1. The number of anilines is 2. The number of nitro benzene ring substituents is 1. The number of thiazole rings is 1. The van der Waals surface area contributed by atoms with Gasteiger partial charge in [-0.1, -0.05) is 35.1 Å². The van der Waals surface area contributed by atoms with Gasteiger partial charge in [0, 0.05) is 11.1 Å². The van der Waals surface area contributed by atoms with Gasteiger partial charge in [-0.15, -0.1) is 0 Å². The number of methoxy groups -OCH3 is 1. The molecule has 1 heterocycles. The molecule has 174 valence electrons. The lowest BCUT2D eigenvalue weighted by Gasteiger charge is -2.12. The number of nitro groups is 1. The average molecular weight is 519 g/mol. The molecule has 0 aliphatic carbocycles. The quantitative estimate of drug-likeness (QED) is 0.261. The number of fused-ring (bicyclic) bond motifs is 1. The van der Waals surface area contributed by atoms with Gasteiger partial charge >= 0.3 is 0 Å². The molecule has 0 fully saturated rings. The molecular weight excluding hydrogens is 504 g/mol. The number of non-ortho nitro benzene ring substituents is 1. The summed E-state index contributed by atoms with van der Waals surface area (Å²) in [6.07, 6.45) is 0. The van der Waals surface area contributed by atoms with E-state index in [0.717, 1.165) is 11.3 Å². The number of hydrogen-bond acceptors (Lipinski definition) is 8. The van der Waals surface area contributed by atoms with Crippen LogP contribution >= 0.6 is 22.9 Å². The van der Waals surface area contributed by atoms with Gasteiger partial charge in [0.05, 0.1) is 38.9 Å². The molecule has 2 N–H and O–H groups in total. The Kier molecular flexibility index (Phi) is 6.37. The van der Waals surface area contributed by atoms with Crippen LogP contribution in [0.3, 0.4) is 0 Å². The lowest BCUT2D eigenvalue weighted by atomic mass is 10.2. The van der Waals surface area contributed by atoms with Crippen LogP contribution in [0.4, 0.5) is 16.5 Å². The molecule has 34 heavy (non-hydrogen) atoms. The fourth-order valence-electron chi connectivity index (χ4n) is 3.05. The number of aromatic nitrogens is 1. The molecule has 0 bridgehead atoms. The summed E-state index contributed by atoms with van der Waals surface area (Å²) in [5.41, 5.74) is 0.291. The number of hydrogen-bond donors (Lipinski definition) is 2. The zero-order chi connectivity index (χ0) is 24.5. The molecule has 0 atom stereocenters. The molecule has 0 aliphatic heterocycles. The standard InChI is InChI=1S/C21H15ClN4O6S2/c1-32-17-10-13(26(28)29)11-18-19(17)23-21(33-18)24-20(27)15-4-2-3-5-16(15)25-34(30,31)14-8-6-12(22)7-9-14/h2-11,25H,1H3,(H,23,24,27). The number of carbonyl (C=O) groups is 1. The third-order valence-corrected chi connectivity index (χ3v) is 7.19. The molecule has 13 heteroatoms. The minimum absolute atomic E-state index is 0.0213. The first-order valence-electron chi connectivity index (χ1n) is 9.49. The van der Waals surface area contributed by atoms with Gasteiger partial charge in [0.1, 0.15) is 5.52 Å². The van der Waals surface area contributed by atoms with Crippen LogP contribution in [0.5, 0.6) is 5.75 Å². The summed E-state index contributed by atoms with van der Waals surface area (Å²) < 4.78 is 33.6. The molecule has 0 aliphatic rings. The molecule has 0 saturated heterocycles. The van der Waals surface area contributed by atoms with Crippen LogP contribution < -0.4 is 14.8 Å². The van der Waals surface area contributed by atoms with Crippen LogP contribution in [0.25, 0.3) is 10.2 Å². The molecule has 0 radical (unpaired) electrons. The van der Waals surface area contributed by atoms with Crippen LogP contribution in [0.1, 0.15) is 10.4 Å². The summed E-state index contributed by atoms with van der Waals surface area (Å²) in [5.74, 6) is -0.431. The highest BCUT2D eigenvalue weighted by Gasteiger charge is 2.21. The topological polar surface area (TPSA) is 141 Å². The van der Waals surface area contributed by atoms with Crippen molar-refractivity contribution >= 4 is 65.6 Å². The zero-order valence-corrected chi connectivity index (χ0v) is 19.7. The van der Waals surface area contributed by atoms with E-state index in [1.54, 1.807) is 12.1 Å². The molecule has 10 nitrogen and oxygen atoms in total. The molecule has 0 spiro atoms. The molecule has 4 aromatic rings. The van der Waals surface area contributed by atoms with Crippen molar-refractivity contribution in [2.45, 2.75) is 4.90 Å². The van der Waals surface area contributed by atoms with E-state index in [4.69, 9.17) is 16.3 Å². The monoisotopic (exact) mass is 518 g/mol. The highest BCUT2D eigenvalue weighted by molar-refractivity contribution is 7.92. The molecule has 0 unspecified atom stereocenters. The molecular formula is C21H15ClN4O6S2. The second kappa shape index (κ2) is 9.25. The number of nitrogens with one attached hydrogen (secondary N) is 2. The maximum absolute atomic E-state index is 13.0. The number of halogens is 1. The summed E-state index contributed by atoms with van der Waals surface area (Å²) in [4.78, 5) is 27.9. The number of nitrogens with zero attached hydrogens (tertiary/aromatic N) is 2. The van der Waals surface area contributed by atoms with Crippen molar-refractivity contribution in [1.82, 2.24) is 4.98 Å². The van der Waals surface area contributed by atoms with Gasteiger partial charge < -0.3 is 4.74 Å². The highest BCUT2D eigenvalue weighted by atomic mass is 35.5. The van der Waals surface area contributed by atoms with Crippen molar-refractivity contribution in [2.24, 2.45) is 0 Å². The fourth-order valence-corrected chi connectivity index (χ4v) is 5.17. The van der Waals surface area contributed by atoms with E-state index in [1.807, 2.05) is 0 Å². The summed E-state index contributed by atoms with van der Waals surface area (Å²) in [6.45, 7) is 0. The Morgan fingerprint density at radius 1 is 1.15 bits per heavy atom. The summed E-state index contributed by atoms with van der Waals surface area (Å²) in [7, 11) is -2.62. The minimum atomic E-state index is -3.98. The third-order valence-electron chi connectivity index (χ3n) is 4.64. The van der Waals surface area contributed by atoms with Gasteiger partial charge in [0.15, 0.2) is 10.9 Å². The van der Waals surface area contributed by atoms with Crippen molar-refractivity contribution in [3.8, 4) is 5.75 Å². The predicted octanol–water partition coefficient (Wildman–Crippen LogP) is 4.92. The second-order valence-corrected chi connectivity index (χ2v) is 9.98. The number of amides is 1. The first kappa shape index (κ1) is 23.4. The summed E-state index contributed by atoms with van der Waals surface area (Å²) in [6, 6.07) is 14.2. The van der Waals surface area contributed by atoms with Gasteiger partial charge in [-0.05, 0) is 36.4 Å². The number of para-hydroxylation sites is 1. The van der Waals surface area contributed by atoms with E-state index >= 15 is 0 Å². The van der Waals surface area contributed by atoms with Crippen LogP contribution in [0.2, 0.25) is 5.02 Å². The van der Waals surface area contributed by atoms with Crippen molar-refractivity contribution < 1.29 is 22.9 Å². The number of rotatable bonds is 7. The lowest BCUT2D eigenvalue weighted by molar-refractivity contribution is -0.384. The molecule has 0 saturated carbocycles. The van der Waals surface area contributed by atoms with Gasteiger partial charge in [-0.3, -0.25) is 24.9 Å². The largest absolute Gasteiger partial charge is 0.494 e. The predicted molar refractivity (Wildman–Crippen MR) is 129 cm³/mol. The van der Waals surface area contributed by atoms with Crippen LogP contribution in [-0.4, -0.2) is 31.3 Å². The smallest absolute Gasteiger partial charge is 0.274 e. The molecule has 3 aromatic carbocycles. The number of ether oxygens (including phenoxy) is 1. The highest BCUT2D eigenvalue weighted by Crippen LogP contribution is 2.36. The van der Waals surface area contributed by atoms with Gasteiger partial charge in [0.25, 0.3) is 21.6 Å². The Bertz CT molecular complexity index is 1520. The Morgan fingerprint density at radius 3 is 2.53 bits per heavy atom. The lowest BCUT2D eigenvalue weighted by Crippen LogP contribution is -2.18. The summed E-state index contributed by atoms with van der Waals surface area (Å²) in [5, 5.41) is 14.3. The van der Waals surface area contributed by atoms with E-state index in [0.29, 0.717) is 15.2 Å². The van der Waals surface area contributed by atoms with E-state index in [2.05, 4.69) is 15.0 Å². The molecule has 1 amide bonds. The van der Waals surface area contributed by atoms with Gasteiger partial charge in [-0.2, -0.15) is 0 Å². The van der Waals surface area contributed by atoms with Gasteiger partial charge in [-0.25, -0.2) is 13.4 Å². The zero-order valence-electron chi connectivity index (χ0n) is 17.3. The maximum Gasteiger partial charge on any atom is 0.274 e. The number of benzene rings is 3. The van der Waals surface area contributed by atoms with E-state index in [9.17, 15) is 23.3 Å². The number of sulfonamides is 1. The Labute approximate surface area is 202 Å². The molecule has 4 rings (SSSR count). The van der Waals surface area contributed by atoms with Crippen LogP contribution in [0, 0.1) is 10.1 Å². The van der Waals surface area contributed by atoms with Gasteiger partial charge in [0.2, 0.25) is 0 Å². The Morgan fingerprint density at radius 2 is 1.85 bits per heavy atom. The summed E-state index contributed by atoms with van der Waals surface area (Å²) >= 11 is 6.84. The molecule has 1 aromatic heterocycles. The second-order valence-electron chi connectivity index (χ2n) is 6.83. The minimum Gasteiger partial charge on any atom is -0.494 e. The van der Waals surface area contributed by atoms with E-state index in [1.165, 1.54) is 55.6 Å².